The van der Waals surface area contributed by atoms with E-state index >= 15 is 0 Å². The Balaban J connectivity index is 2.30. The van der Waals surface area contributed by atoms with Gasteiger partial charge in [-0.1, -0.05) is 24.6 Å². The number of likely N-dealkylation sites (N-methyl/N-ethyl adjacent to an activating group) is 1. The summed E-state index contributed by atoms with van der Waals surface area (Å²) >= 11 is 0. The first kappa shape index (κ1) is 15.4. The molecule has 1 heterocycles. The minimum absolute atomic E-state index is 0.160. The molecule has 4 nitrogen and oxygen atoms in total. The molecule has 0 aliphatic carbocycles. The van der Waals surface area contributed by atoms with Crippen molar-refractivity contribution in [2.75, 3.05) is 13.7 Å². The lowest BCUT2D eigenvalue weighted by atomic mass is 10.00. The molecule has 0 fully saturated rings. The molecule has 2 aromatic rings. The van der Waals surface area contributed by atoms with Crippen LogP contribution in [-0.4, -0.2) is 23.6 Å². The second-order valence-electron chi connectivity index (χ2n) is 5.16. The zero-order chi connectivity index (χ0) is 15.2. The number of hydrogen-bond donors (Lipinski definition) is 1. The summed E-state index contributed by atoms with van der Waals surface area (Å²) in [6.07, 6.45) is 2.66. The highest BCUT2D eigenvalue weighted by Gasteiger charge is 2.15. The van der Waals surface area contributed by atoms with Gasteiger partial charge in [-0.25, -0.2) is 9.97 Å². The fraction of sp³-hybridized carbons (Fsp3) is 0.412. The van der Waals surface area contributed by atoms with Crippen molar-refractivity contribution >= 4 is 0 Å². The highest BCUT2D eigenvalue weighted by molar-refractivity contribution is 5.38. The third-order valence-corrected chi connectivity index (χ3v) is 3.47. The quantitative estimate of drug-likeness (QED) is 0.886. The SMILES string of the molecule is CCNC(Cc1cc(C)ccc1OC)c1ccnc(C)n1. The standard InChI is InChI=1S/C17H23N3O/c1-5-18-16(15-8-9-19-13(3)20-15)11-14-10-12(2)6-7-17(14)21-4/h6-10,16,18H,5,11H2,1-4H3. The Bertz CT molecular complexity index is 598. The smallest absolute Gasteiger partial charge is 0.125 e. The van der Waals surface area contributed by atoms with E-state index in [1.165, 1.54) is 11.1 Å². The van der Waals surface area contributed by atoms with Crippen LogP contribution >= 0.6 is 0 Å². The van der Waals surface area contributed by atoms with Crippen LogP contribution in [0.4, 0.5) is 0 Å². The van der Waals surface area contributed by atoms with E-state index in [1.54, 1.807) is 7.11 Å². The van der Waals surface area contributed by atoms with Gasteiger partial charge in [-0.3, -0.25) is 0 Å². The summed E-state index contributed by atoms with van der Waals surface area (Å²) in [6.45, 7) is 7.01. The Hall–Kier alpha value is -1.94. The second kappa shape index (κ2) is 7.18. The van der Waals surface area contributed by atoms with Crippen molar-refractivity contribution in [2.45, 2.75) is 33.2 Å². The minimum Gasteiger partial charge on any atom is -0.496 e. The van der Waals surface area contributed by atoms with Crippen LogP contribution in [0, 0.1) is 13.8 Å². The van der Waals surface area contributed by atoms with Gasteiger partial charge in [0.1, 0.15) is 11.6 Å². The molecular weight excluding hydrogens is 262 g/mol. The molecule has 1 aromatic heterocycles. The van der Waals surface area contributed by atoms with Gasteiger partial charge in [0.25, 0.3) is 0 Å². The van der Waals surface area contributed by atoms with E-state index < -0.39 is 0 Å². The lowest BCUT2D eigenvalue weighted by Crippen LogP contribution is -2.24. The zero-order valence-corrected chi connectivity index (χ0v) is 13.2. The molecule has 1 aromatic carbocycles. The molecular formula is C17H23N3O. The van der Waals surface area contributed by atoms with E-state index in [9.17, 15) is 0 Å². The monoisotopic (exact) mass is 285 g/mol. The van der Waals surface area contributed by atoms with E-state index in [2.05, 4.69) is 41.3 Å². The van der Waals surface area contributed by atoms with Crippen LogP contribution < -0.4 is 10.1 Å². The fourth-order valence-corrected chi connectivity index (χ4v) is 2.48. The second-order valence-corrected chi connectivity index (χ2v) is 5.16. The van der Waals surface area contributed by atoms with Crippen LogP contribution in [0.25, 0.3) is 0 Å². The van der Waals surface area contributed by atoms with Crippen LogP contribution in [0.1, 0.15) is 35.6 Å². The molecule has 1 unspecified atom stereocenters. The summed E-state index contributed by atoms with van der Waals surface area (Å²) in [5, 5.41) is 3.50. The van der Waals surface area contributed by atoms with Gasteiger partial charge in [0.05, 0.1) is 18.8 Å². The average molecular weight is 285 g/mol. The zero-order valence-electron chi connectivity index (χ0n) is 13.2. The lowest BCUT2D eigenvalue weighted by Gasteiger charge is -2.19. The van der Waals surface area contributed by atoms with Crippen LogP contribution in [0.2, 0.25) is 0 Å². The first-order valence-electron chi connectivity index (χ1n) is 7.30. The number of aromatic nitrogens is 2. The summed E-state index contributed by atoms with van der Waals surface area (Å²) in [7, 11) is 1.71. The van der Waals surface area contributed by atoms with Gasteiger partial charge in [-0.15, -0.1) is 0 Å². The third-order valence-electron chi connectivity index (χ3n) is 3.47. The predicted octanol–water partition coefficient (Wildman–Crippen LogP) is 3.00. The Kier molecular flexibility index (Phi) is 5.28. The number of nitrogens with one attached hydrogen (secondary N) is 1. The summed E-state index contributed by atoms with van der Waals surface area (Å²) in [6, 6.07) is 8.41. The highest BCUT2D eigenvalue weighted by Crippen LogP contribution is 2.25. The molecule has 0 radical (unpaired) electrons. The lowest BCUT2D eigenvalue weighted by molar-refractivity contribution is 0.405. The van der Waals surface area contributed by atoms with E-state index in [4.69, 9.17) is 4.74 Å². The van der Waals surface area contributed by atoms with E-state index in [0.29, 0.717) is 0 Å². The maximum atomic E-state index is 5.48. The number of methoxy groups -OCH3 is 1. The molecule has 0 saturated carbocycles. The van der Waals surface area contributed by atoms with Crippen molar-refractivity contribution in [3.63, 3.8) is 0 Å². The molecule has 1 atom stereocenters. The molecule has 0 aliphatic heterocycles. The van der Waals surface area contributed by atoms with Crippen molar-refractivity contribution in [3.05, 3.63) is 53.1 Å². The van der Waals surface area contributed by atoms with Gasteiger partial charge in [0, 0.05) is 6.20 Å². The topological polar surface area (TPSA) is 47.0 Å². The van der Waals surface area contributed by atoms with Gasteiger partial charge >= 0.3 is 0 Å². The highest BCUT2D eigenvalue weighted by atomic mass is 16.5. The molecule has 1 N–H and O–H groups in total. The van der Waals surface area contributed by atoms with Crippen molar-refractivity contribution in [2.24, 2.45) is 0 Å². The number of nitrogens with zero attached hydrogens (tertiary/aromatic N) is 2. The summed E-state index contributed by atoms with van der Waals surface area (Å²) in [5.41, 5.74) is 3.45. The Labute approximate surface area is 126 Å². The number of ether oxygens (including phenoxy) is 1. The number of rotatable bonds is 6. The van der Waals surface area contributed by atoms with Crippen molar-refractivity contribution in [1.82, 2.24) is 15.3 Å². The summed E-state index contributed by atoms with van der Waals surface area (Å²) in [5.74, 6) is 1.72. The number of benzene rings is 1. The Morgan fingerprint density at radius 2 is 2.05 bits per heavy atom. The van der Waals surface area contributed by atoms with Crippen LogP contribution in [0.5, 0.6) is 5.75 Å². The Morgan fingerprint density at radius 3 is 2.71 bits per heavy atom. The van der Waals surface area contributed by atoms with Crippen LogP contribution in [-0.2, 0) is 6.42 Å². The number of hydrogen-bond acceptors (Lipinski definition) is 4. The van der Waals surface area contributed by atoms with Crippen LogP contribution in [0.15, 0.2) is 30.5 Å². The maximum Gasteiger partial charge on any atom is 0.125 e. The third kappa shape index (κ3) is 4.02. The molecule has 4 heteroatoms. The fourth-order valence-electron chi connectivity index (χ4n) is 2.48. The van der Waals surface area contributed by atoms with Crippen molar-refractivity contribution in [3.8, 4) is 5.75 Å². The maximum absolute atomic E-state index is 5.48. The van der Waals surface area contributed by atoms with Crippen molar-refractivity contribution < 1.29 is 4.74 Å². The molecule has 0 amide bonds. The largest absolute Gasteiger partial charge is 0.496 e. The Morgan fingerprint density at radius 1 is 1.24 bits per heavy atom. The normalized spacial score (nSPS) is 12.2. The average Bonchev–Trinajstić information content (AvgIpc) is 2.47. The van der Waals surface area contributed by atoms with Gasteiger partial charge in [0.15, 0.2) is 0 Å². The molecule has 0 aliphatic rings. The van der Waals surface area contributed by atoms with E-state index in [0.717, 1.165) is 30.2 Å². The number of aryl methyl sites for hydroxylation is 2. The summed E-state index contributed by atoms with van der Waals surface area (Å²) < 4.78 is 5.48. The summed E-state index contributed by atoms with van der Waals surface area (Å²) in [4.78, 5) is 8.73. The first-order chi connectivity index (χ1) is 10.1. The van der Waals surface area contributed by atoms with Gasteiger partial charge in [-0.05, 0) is 44.5 Å². The molecule has 0 saturated heterocycles. The van der Waals surface area contributed by atoms with Crippen LogP contribution in [0.3, 0.4) is 0 Å². The molecule has 112 valence electrons. The van der Waals surface area contributed by atoms with E-state index in [-0.39, 0.29) is 6.04 Å². The minimum atomic E-state index is 0.160. The van der Waals surface area contributed by atoms with Gasteiger partial charge < -0.3 is 10.1 Å². The molecule has 0 bridgehead atoms. The van der Waals surface area contributed by atoms with Crippen molar-refractivity contribution in [1.29, 1.82) is 0 Å². The van der Waals surface area contributed by atoms with E-state index in [1.807, 2.05) is 25.3 Å². The first-order valence-corrected chi connectivity index (χ1v) is 7.30. The molecule has 2 rings (SSSR count). The molecule has 0 spiro atoms. The predicted molar refractivity (Wildman–Crippen MR) is 84.6 cm³/mol. The van der Waals surface area contributed by atoms with Gasteiger partial charge in [0.2, 0.25) is 0 Å². The van der Waals surface area contributed by atoms with Gasteiger partial charge in [-0.2, -0.15) is 0 Å². The molecule has 21 heavy (non-hydrogen) atoms.